The van der Waals surface area contributed by atoms with Gasteiger partial charge in [0, 0.05) is 16.7 Å². The first-order chi connectivity index (χ1) is 12.8. The number of anilines is 1. The summed E-state index contributed by atoms with van der Waals surface area (Å²) >= 11 is 0. The van der Waals surface area contributed by atoms with E-state index in [1.807, 2.05) is 19.1 Å². The van der Waals surface area contributed by atoms with Crippen LogP contribution in [0, 0.1) is 23.2 Å². The van der Waals surface area contributed by atoms with Crippen LogP contribution in [0.25, 0.3) is 0 Å². The Balaban J connectivity index is 1.36. The van der Waals surface area contributed by atoms with Crippen molar-refractivity contribution in [2.75, 3.05) is 5.32 Å². The van der Waals surface area contributed by atoms with Crippen molar-refractivity contribution in [3.63, 3.8) is 0 Å². The van der Waals surface area contributed by atoms with Crippen LogP contribution in [0.2, 0.25) is 0 Å². The Bertz CT molecular complexity index is 689. The first-order valence-corrected chi connectivity index (χ1v) is 10.6. The van der Waals surface area contributed by atoms with Gasteiger partial charge >= 0.3 is 0 Å². The van der Waals surface area contributed by atoms with Gasteiger partial charge in [-0.2, -0.15) is 0 Å². The third kappa shape index (κ3) is 3.69. The van der Waals surface area contributed by atoms with E-state index in [-0.39, 0.29) is 17.7 Å². The highest BCUT2D eigenvalue weighted by molar-refractivity contribution is 5.96. The van der Waals surface area contributed by atoms with E-state index in [1.165, 1.54) is 38.5 Å². The number of Topliss-reactive ketones (excluding diaryl/α,β-unsaturated/α-hetero) is 1. The normalized spacial score (nSPS) is 33.5. The van der Waals surface area contributed by atoms with Crippen LogP contribution in [0.3, 0.4) is 0 Å². The Morgan fingerprint density at radius 1 is 1.00 bits per heavy atom. The molecule has 4 fully saturated rings. The van der Waals surface area contributed by atoms with E-state index in [0.29, 0.717) is 17.0 Å². The summed E-state index contributed by atoms with van der Waals surface area (Å²) in [6.07, 6.45) is 8.49. The number of carbonyl (C=O) groups is 2. The van der Waals surface area contributed by atoms with Gasteiger partial charge in [-0.25, -0.2) is 0 Å². The molecule has 0 heterocycles. The Hall–Kier alpha value is -1.68. The molecule has 2 atom stereocenters. The van der Waals surface area contributed by atoms with Crippen LogP contribution < -0.4 is 10.6 Å². The van der Waals surface area contributed by atoms with Gasteiger partial charge in [-0.1, -0.05) is 0 Å². The lowest BCUT2D eigenvalue weighted by atomic mass is 9.48. The number of quaternary nitrogens is 1. The molecule has 1 aromatic carbocycles. The Kier molecular flexibility index (Phi) is 4.87. The molecule has 4 bridgehead atoms. The Morgan fingerprint density at radius 3 is 2.00 bits per heavy atom. The zero-order chi connectivity index (χ0) is 19.2. The summed E-state index contributed by atoms with van der Waals surface area (Å²) in [6.45, 7) is 5.91. The SMILES string of the molecule is CC(=O)c1ccc(NC(=O)[C@H](C)[NH2+][C@H](C)C23CC4CC(CC(C4)C2)C3)cc1. The van der Waals surface area contributed by atoms with Gasteiger partial charge in [-0.05, 0) is 101 Å². The zero-order valence-corrected chi connectivity index (χ0v) is 16.8. The van der Waals surface area contributed by atoms with Crippen LogP contribution >= 0.6 is 0 Å². The summed E-state index contributed by atoms with van der Waals surface area (Å²) in [6, 6.07) is 7.54. The molecule has 1 aromatic rings. The minimum Gasteiger partial charge on any atom is -0.334 e. The van der Waals surface area contributed by atoms with Crippen LogP contribution in [-0.2, 0) is 4.79 Å². The van der Waals surface area contributed by atoms with Crippen molar-refractivity contribution in [1.29, 1.82) is 0 Å². The fourth-order valence-electron chi connectivity index (χ4n) is 6.50. The third-order valence-corrected chi connectivity index (χ3v) is 7.60. The molecule has 4 aliphatic rings. The van der Waals surface area contributed by atoms with E-state index in [2.05, 4.69) is 17.6 Å². The molecule has 0 unspecified atom stereocenters. The number of carbonyl (C=O) groups excluding carboxylic acids is 2. The monoisotopic (exact) mass is 369 g/mol. The first-order valence-electron chi connectivity index (χ1n) is 10.6. The summed E-state index contributed by atoms with van der Waals surface area (Å²) in [5.41, 5.74) is 1.88. The minimum atomic E-state index is -0.111. The van der Waals surface area contributed by atoms with E-state index in [9.17, 15) is 9.59 Å². The molecule has 4 nitrogen and oxygen atoms in total. The maximum Gasteiger partial charge on any atom is 0.282 e. The quantitative estimate of drug-likeness (QED) is 0.755. The van der Waals surface area contributed by atoms with Gasteiger partial charge in [0.15, 0.2) is 11.8 Å². The predicted molar refractivity (Wildman–Crippen MR) is 107 cm³/mol. The maximum absolute atomic E-state index is 12.7. The van der Waals surface area contributed by atoms with Gasteiger partial charge in [0.25, 0.3) is 5.91 Å². The zero-order valence-electron chi connectivity index (χ0n) is 16.8. The Morgan fingerprint density at radius 2 is 1.52 bits per heavy atom. The Labute approximate surface area is 162 Å². The largest absolute Gasteiger partial charge is 0.334 e. The second-order valence-corrected chi connectivity index (χ2v) is 9.67. The molecular formula is C23H33N2O2+. The van der Waals surface area contributed by atoms with Crippen molar-refractivity contribution in [1.82, 2.24) is 0 Å². The number of nitrogens with one attached hydrogen (secondary N) is 1. The lowest BCUT2D eigenvalue weighted by Crippen LogP contribution is -2.98. The van der Waals surface area contributed by atoms with Gasteiger partial charge in [-0.15, -0.1) is 0 Å². The van der Waals surface area contributed by atoms with E-state index in [4.69, 9.17) is 0 Å². The number of benzene rings is 1. The number of rotatable bonds is 6. The molecule has 0 aliphatic heterocycles. The molecule has 146 valence electrons. The van der Waals surface area contributed by atoms with Crippen LogP contribution in [-0.4, -0.2) is 23.8 Å². The molecule has 0 radical (unpaired) electrons. The topological polar surface area (TPSA) is 62.8 Å². The highest BCUT2D eigenvalue weighted by Crippen LogP contribution is 2.60. The third-order valence-electron chi connectivity index (χ3n) is 7.60. The maximum atomic E-state index is 12.7. The van der Waals surface area contributed by atoms with E-state index in [1.54, 1.807) is 19.1 Å². The molecular weight excluding hydrogens is 336 g/mol. The van der Waals surface area contributed by atoms with Crippen molar-refractivity contribution >= 4 is 17.4 Å². The van der Waals surface area contributed by atoms with Gasteiger partial charge in [0.1, 0.15) is 0 Å². The molecule has 3 N–H and O–H groups in total. The van der Waals surface area contributed by atoms with Gasteiger partial charge in [-0.3, -0.25) is 9.59 Å². The highest BCUT2D eigenvalue weighted by Gasteiger charge is 2.54. The molecule has 0 spiro atoms. The second-order valence-electron chi connectivity index (χ2n) is 9.67. The molecule has 1 amide bonds. The highest BCUT2D eigenvalue weighted by atomic mass is 16.2. The van der Waals surface area contributed by atoms with Crippen LogP contribution in [0.4, 0.5) is 5.69 Å². The molecule has 4 heteroatoms. The van der Waals surface area contributed by atoms with Gasteiger partial charge in [0.2, 0.25) is 0 Å². The standard InChI is InChI=1S/C23H32N2O2/c1-14(22(27)25-21-6-4-20(5-7-21)15(2)26)24-16(3)23-11-17-8-18(12-23)10-19(9-17)13-23/h4-7,14,16-19,24H,8-13H2,1-3H3,(H,25,27)/p+1/t14-,16+,17?,18?,19?,23?/m0/s1. The molecule has 0 aromatic heterocycles. The number of hydrogen-bond donors (Lipinski definition) is 2. The van der Waals surface area contributed by atoms with Crippen molar-refractivity contribution < 1.29 is 14.9 Å². The van der Waals surface area contributed by atoms with Crippen molar-refractivity contribution in [2.24, 2.45) is 23.2 Å². The average Bonchev–Trinajstić information content (AvgIpc) is 2.60. The van der Waals surface area contributed by atoms with Crippen LogP contribution in [0.1, 0.15) is 69.7 Å². The average molecular weight is 370 g/mol. The van der Waals surface area contributed by atoms with Crippen LogP contribution in [0.5, 0.6) is 0 Å². The van der Waals surface area contributed by atoms with E-state index < -0.39 is 0 Å². The number of amides is 1. The predicted octanol–water partition coefficient (Wildman–Crippen LogP) is 3.38. The van der Waals surface area contributed by atoms with E-state index in [0.717, 1.165) is 23.4 Å². The fourth-order valence-corrected chi connectivity index (χ4v) is 6.50. The van der Waals surface area contributed by atoms with Gasteiger partial charge < -0.3 is 10.6 Å². The fraction of sp³-hybridized carbons (Fsp3) is 0.652. The lowest BCUT2D eigenvalue weighted by molar-refractivity contribution is -0.718. The minimum absolute atomic E-state index is 0.0407. The van der Waals surface area contributed by atoms with Crippen molar-refractivity contribution in [3.8, 4) is 0 Å². The summed E-state index contributed by atoms with van der Waals surface area (Å²) in [7, 11) is 0. The smallest absolute Gasteiger partial charge is 0.282 e. The number of hydrogen-bond acceptors (Lipinski definition) is 2. The summed E-state index contributed by atoms with van der Waals surface area (Å²) in [5, 5.41) is 5.30. The summed E-state index contributed by atoms with van der Waals surface area (Å²) in [5.74, 6) is 2.91. The number of nitrogens with two attached hydrogens (primary N) is 1. The second kappa shape index (κ2) is 7.05. The molecule has 4 saturated carbocycles. The molecule has 5 rings (SSSR count). The van der Waals surface area contributed by atoms with Crippen molar-refractivity contribution in [2.45, 2.75) is 71.4 Å². The van der Waals surface area contributed by atoms with Crippen LogP contribution in [0.15, 0.2) is 24.3 Å². The lowest BCUT2D eigenvalue weighted by Gasteiger charge is -2.58. The van der Waals surface area contributed by atoms with E-state index >= 15 is 0 Å². The first kappa shape index (κ1) is 18.7. The number of ketones is 1. The molecule has 27 heavy (non-hydrogen) atoms. The molecule has 4 aliphatic carbocycles. The van der Waals surface area contributed by atoms with Gasteiger partial charge in [0.05, 0.1) is 6.04 Å². The summed E-state index contributed by atoms with van der Waals surface area (Å²) < 4.78 is 0. The summed E-state index contributed by atoms with van der Waals surface area (Å²) in [4.78, 5) is 24.1. The molecule has 0 saturated heterocycles. The van der Waals surface area contributed by atoms with Crippen molar-refractivity contribution in [3.05, 3.63) is 29.8 Å².